The van der Waals surface area contributed by atoms with E-state index in [4.69, 9.17) is 10.5 Å². The molecular weight excluding hydrogens is 357 g/mol. The molecule has 4 N–H and O–H groups in total. The van der Waals surface area contributed by atoms with E-state index < -0.39 is 29.5 Å². The fourth-order valence-corrected chi connectivity index (χ4v) is 3.13. The van der Waals surface area contributed by atoms with Crippen molar-refractivity contribution in [2.75, 3.05) is 5.73 Å². The Kier molecular flexibility index (Phi) is 3.86. The fraction of sp³-hybridized carbons (Fsp3) is 0.176. The average Bonchev–Trinajstić information content (AvgIpc) is 3.24. The summed E-state index contributed by atoms with van der Waals surface area (Å²) in [5.41, 5.74) is 3.97. The zero-order chi connectivity index (χ0) is 19.2. The number of aromatic nitrogens is 4. The van der Waals surface area contributed by atoms with E-state index in [1.165, 1.54) is 18.5 Å². The van der Waals surface area contributed by atoms with Gasteiger partial charge in [-0.1, -0.05) is 30.3 Å². The monoisotopic (exact) mass is 371 g/mol. The van der Waals surface area contributed by atoms with E-state index in [-0.39, 0.29) is 28.9 Å². The van der Waals surface area contributed by atoms with Gasteiger partial charge in [0.2, 0.25) is 5.78 Å². The van der Waals surface area contributed by atoms with Gasteiger partial charge in [0.05, 0.1) is 0 Å². The molecule has 1 aromatic carbocycles. The second-order valence-corrected chi connectivity index (χ2v) is 5.94. The van der Waals surface area contributed by atoms with Gasteiger partial charge >= 0.3 is 0 Å². The third kappa shape index (κ3) is 2.31. The van der Waals surface area contributed by atoms with E-state index in [9.17, 15) is 19.4 Å². The van der Waals surface area contributed by atoms with Gasteiger partial charge in [0.25, 0.3) is 5.72 Å². The molecule has 0 saturated carbocycles. The molecule has 3 atom stereocenters. The highest BCUT2D eigenvalue weighted by atomic mass is 19.1. The van der Waals surface area contributed by atoms with Crippen LogP contribution >= 0.6 is 0 Å². The summed E-state index contributed by atoms with van der Waals surface area (Å²) in [5, 5.41) is 20.9. The molecule has 1 fully saturated rings. The minimum absolute atomic E-state index is 0.00360. The van der Waals surface area contributed by atoms with Gasteiger partial charge in [0.15, 0.2) is 23.3 Å². The van der Waals surface area contributed by atoms with E-state index in [1.807, 2.05) is 0 Å². The van der Waals surface area contributed by atoms with Gasteiger partial charge in [-0.25, -0.2) is 19.3 Å². The van der Waals surface area contributed by atoms with E-state index >= 15 is 0 Å². The molecule has 3 aromatic rings. The first-order chi connectivity index (χ1) is 13.0. The molecule has 9 nitrogen and oxygen atoms in total. The van der Waals surface area contributed by atoms with Crippen LogP contribution in [-0.2, 0) is 10.5 Å². The molecular formula is C17H14FN5O4. The molecule has 3 heterocycles. The Bertz CT molecular complexity index is 1050. The van der Waals surface area contributed by atoms with Gasteiger partial charge in [-0.3, -0.25) is 9.36 Å². The molecule has 4 rings (SSSR count). The standard InChI is InChI=1S/C17H14FN5O4/c18-6-10-12(24)14(26)17(27-10,13(25)9-4-2-1-3-5-9)23-8-22-11-15(19)20-7-21-16(11)23/h1-8,12,14,24,26H,(H2,19,20,21)/b10-6+/t12-,14-,17-/m1/s1. The molecule has 1 saturated heterocycles. The molecule has 1 aliphatic rings. The van der Waals surface area contributed by atoms with E-state index in [0.717, 1.165) is 10.9 Å². The first-order valence-corrected chi connectivity index (χ1v) is 7.90. The summed E-state index contributed by atoms with van der Waals surface area (Å²) in [5.74, 6) is -1.26. The highest BCUT2D eigenvalue weighted by Gasteiger charge is 2.60. The Balaban J connectivity index is 2.00. The summed E-state index contributed by atoms with van der Waals surface area (Å²) >= 11 is 0. The summed E-state index contributed by atoms with van der Waals surface area (Å²) in [7, 11) is 0. The summed E-state index contributed by atoms with van der Waals surface area (Å²) in [6.07, 6.45) is -1.27. The maximum absolute atomic E-state index is 13.3. The van der Waals surface area contributed by atoms with Crippen molar-refractivity contribution in [2.45, 2.75) is 17.9 Å². The number of aliphatic hydroxyl groups excluding tert-OH is 2. The highest BCUT2D eigenvalue weighted by Crippen LogP contribution is 2.42. The molecule has 0 unspecified atom stereocenters. The van der Waals surface area contributed by atoms with Gasteiger partial charge in [-0.05, 0) is 0 Å². The lowest BCUT2D eigenvalue weighted by atomic mass is 9.94. The Morgan fingerprint density at radius 1 is 1.26 bits per heavy atom. The number of benzene rings is 1. The number of halogens is 1. The summed E-state index contributed by atoms with van der Waals surface area (Å²) in [6.45, 7) is 0. The van der Waals surface area contributed by atoms with Crippen molar-refractivity contribution in [1.29, 1.82) is 0 Å². The molecule has 10 heteroatoms. The lowest BCUT2D eigenvalue weighted by Gasteiger charge is -2.31. The zero-order valence-corrected chi connectivity index (χ0v) is 13.7. The van der Waals surface area contributed by atoms with Crippen LogP contribution in [0.25, 0.3) is 11.2 Å². The predicted octanol–water partition coefficient (Wildman–Crippen LogP) is 0.507. The number of imidazole rings is 1. The van der Waals surface area contributed by atoms with Crippen molar-refractivity contribution in [2.24, 2.45) is 0 Å². The minimum atomic E-state index is -2.23. The zero-order valence-electron chi connectivity index (χ0n) is 13.7. The van der Waals surface area contributed by atoms with Gasteiger partial charge in [0, 0.05) is 5.56 Å². The van der Waals surface area contributed by atoms with Gasteiger partial charge in [-0.2, -0.15) is 0 Å². The Morgan fingerprint density at radius 3 is 2.67 bits per heavy atom. The number of nitrogens with zero attached hydrogens (tertiary/aromatic N) is 4. The number of nitrogen functional groups attached to an aromatic ring is 1. The second-order valence-electron chi connectivity index (χ2n) is 5.94. The van der Waals surface area contributed by atoms with Crippen molar-refractivity contribution in [3.05, 3.63) is 60.6 Å². The maximum atomic E-state index is 13.3. The minimum Gasteiger partial charge on any atom is -0.456 e. The molecule has 0 spiro atoms. The first kappa shape index (κ1) is 17.1. The molecule has 138 valence electrons. The smallest absolute Gasteiger partial charge is 0.281 e. The van der Waals surface area contributed by atoms with E-state index in [0.29, 0.717) is 0 Å². The third-order valence-electron chi connectivity index (χ3n) is 4.45. The van der Waals surface area contributed by atoms with Crippen molar-refractivity contribution in [3.8, 4) is 0 Å². The number of aliphatic hydroxyl groups is 2. The number of nitrogens with two attached hydrogens (primary N) is 1. The average molecular weight is 371 g/mol. The number of rotatable bonds is 3. The topological polar surface area (TPSA) is 136 Å². The van der Waals surface area contributed by atoms with E-state index in [1.54, 1.807) is 18.2 Å². The first-order valence-electron chi connectivity index (χ1n) is 7.90. The van der Waals surface area contributed by atoms with Crippen molar-refractivity contribution < 1.29 is 24.1 Å². The summed E-state index contributed by atoms with van der Waals surface area (Å²) in [6, 6.07) is 7.96. The second kappa shape index (κ2) is 6.11. The predicted molar refractivity (Wildman–Crippen MR) is 90.8 cm³/mol. The van der Waals surface area contributed by atoms with Crippen LogP contribution in [0.3, 0.4) is 0 Å². The molecule has 1 aliphatic heterocycles. The van der Waals surface area contributed by atoms with E-state index in [2.05, 4.69) is 15.0 Å². The number of Topliss-reactive ketones (excluding diaryl/α,β-unsaturated/α-hetero) is 1. The van der Waals surface area contributed by atoms with Crippen molar-refractivity contribution in [1.82, 2.24) is 19.5 Å². The van der Waals surface area contributed by atoms with Crippen LogP contribution in [-0.4, -0.2) is 47.7 Å². The van der Waals surface area contributed by atoms with Crippen LogP contribution in [0.2, 0.25) is 0 Å². The molecule has 0 bridgehead atoms. The fourth-order valence-electron chi connectivity index (χ4n) is 3.13. The van der Waals surface area contributed by atoms with Crippen LogP contribution in [0.15, 0.2) is 55.1 Å². The van der Waals surface area contributed by atoms with Gasteiger partial charge in [-0.15, -0.1) is 0 Å². The number of fused-ring (bicyclic) bond motifs is 1. The number of ketones is 1. The SMILES string of the molecule is Nc1ncnc2c1ncn2[C@]1(C(=O)c2ccccc2)O/C(=C/F)[C@@H](O)[C@H]1O. The quantitative estimate of drug-likeness (QED) is 0.567. The number of anilines is 1. The molecule has 2 aromatic heterocycles. The summed E-state index contributed by atoms with van der Waals surface area (Å²) < 4.78 is 19.8. The highest BCUT2D eigenvalue weighted by molar-refractivity contribution is 6.02. The molecule has 0 amide bonds. The van der Waals surface area contributed by atoms with Crippen LogP contribution < -0.4 is 5.73 Å². The Hall–Kier alpha value is -3.37. The largest absolute Gasteiger partial charge is 0.456 e. The number of hydrogen-bond acceptors (Lipinski definition) is 8. The maximum Gasteiger partial charge on any atom is 0.281 e. The number of ether oxygens (including phenoxy) is 1. The molecule has 0 radical (unpaired) electrons. The van der Waals surface area contributed by atoms with Crippen molar-refractivity contribution in [3.63, 3.8) is 0 Å². The van der Waals surface area contributed by atoms with Crippen LogP contribution in [0.4, 0.5) is 10.2 Å². The number of hydrogen-bond donors (Lipinski definition) is 3. The number of carbonyl (C=O) groups is 1. The normalized spacial score (nSPS) is 26.4. The van der Waals surface area contributed by atoms with Crippen LogP contribution in [0.5, 0.6) is 0 Å². The summed E-state index contributed by atoms with van der Waals surface area (Å²) in [4.78, 5) is 25.3. The number of carbonyl (C=O) groups excluding carboxylic acids is 1. The molecule has 0 aliphatic carbocycles. The Labute approximate surface area is 151 Å². The Morgan fingerprint density at radius 2 is 2.00 bits per heavy atom. The van der Waals surface area contributed by atoms with Gasteiger partial charge in [0.1, 0.15) is 30.6 Å². The third-order valence-corrected chi connectivity index (χ3v) is 4.45. The lowest BCUT2D eigenvalue weighted by molar-refractivity contribution is -0.0813. The van der Waals surface area contributed by atoms with Gasteiger partial charge < -0.3 is 20.7 Å². The van der Waals surface area contributed by atoms with Crippen LogP contribution in [0.1, 0.15) is 10.4 Å². The lowest BCUT2D eigenvalue weighted by Crippen LogP contribution is -2.51. The molecule has 27 heavy (non-hydrogen) atoms. The van der Waals surface area contributed by atoms with Crippen LogP contribution in [0, 0.1) is 0 Å². The van der Waals surface area contributed by atoms with Crippen molar-refractivity contribution >= 4 is 22.8 Å².